The summed E-state index contributed by atoms with van der Waals surface area (Å²) in [6, 6.07) is 10.2. The van der Waals surface area contributed by atoms with Gasteiger partial charge >= 0.3 is 0 Å². The van der Waals surface area contributed by atoms with Gasteiger partial charge in [-0.2, -0.15) is 0 Å². The van der Waals surface area contributed by atoms with Crippen molar-refractivity contribution in [2.75, 3.05) is 14.2 Å². The highest BCUT2D eigenvalue weighted by atomic mass is 16.5. The molecule has 0 saturated heterocycles. The van der Waals surface area contributed by atoms with Gasteiger partial charge in [-0.15, -0.1) is 0 Å². The van der Waals surface area contributed by atoms with Crippen LogP contribution in [-0.2, 0) is 17.6 Å². The molecular weight excluding hydrogens is 370 g/mol. The van der Waals surface area contributed by atoms with Crippen LogP contribution in [-0.4, -0.2) is 42.8 Å². The summed E-state index contributed by atoms with van der Waals surface area (Å²) in [6.07, 6.45) is 1.28. The fourth-order valence-electron chi connectivity index (χ4n) is 3.80. The Morgan fingerprint density at radius 1 is 0.966 bits per heavy atom. The van der Waals surface area contributed by atoms with Gasteiger partial charge in [0.25, 0.3) is 11.8 Å². The van der Waals surface area contributed by atoms with Crippen molar-refractivity contribution in [2.24, 2.45) is 0 Å². The number of imide groups is 1. The van der Waals surface area contributed by atoms with Gasteiger partial charge in [-0.1, -0.05) is 19.1 Å². The number of amides is 2. The van der Waals surface area contributed by atoms with E-state index in [0.29, 0.717) is 35.5 Å². The predicted molar refractivity (Wildman–Crippen MR) is 109 cm³/mol. The first-order valence-corrected chi connectivity index (χ1v) is 9.61. The number of benzene rings is 2. The van der Waals surface area contributed by atoms with E-state index in [9.17, 15) is 14.4 Å². The Hall–Kier alpha value is -3.15. The van der Waals surface area contributed by atoms with Gasteiger partial charge in [0.1, 0.15) is 17.3 Å². The molecule has 1 unspecified atom stereocenters. The Labute approximate surface area is 170 Å². The van der Waals surface area contributed by atoms with Crippen molar-refractivity contribution in [3.63, 3.8) is 0 Å². The van der Waals surface area contributed by atoms with Crippen LogP contribution < -0.4 is 9.47 Å². The number of nitrogens with zero attached hydrogens (tertiary/aromatic N) is 1. The summed E-state index contributed by atoms with van der Waals surface area (Å²) in [6.45, 7) is 3.47. The molecule has 2 aromatic carbocycles. The van der Waals surface area contributed by atoms with Crippen LogP contribution in [0.2, 0.25) is 0 Å². The summed E-state index contributed by atoms with van der Waals surface area (Å²) in [4.78, 5) is 38.6. The minimum atomic E-state index is -0.320. The molecule has 0 saturated carbocycles. The highest BCUT2D eigenvalue weighted by Crippen LogP contribution is 2.33. The number of hydrogen-bond acceptors (Lipinski definition) is 5. The molecule has 6 nitrogen and oxygen atoms in total. The van der Waals surface area contributed by atoms with Gasteiger partial charge in [0.05, 0.1) is 25.3 Å². The minimum Gasteiger partial charge on any atom is -0.496 e. The van der Waals surface area contributed by atoms with Crippen LogP contribution in [0.3, 0.4) is 0 Å². The standard InChI is InChI=1S/C23H25NO5/c1-5-17(24-22(26)18-8-6-7-9-19(18)23(24)27)11-16-13-20(28-3)15(10-14(2)25)12-21(16)29-4/h6-9,12-13,17H,5,10-11H2,1-4H3. The van der Waals surface area contributed by atoms with Crippen LogP contribution in [0, 0.1) is 0 Å². The number of ketones is 1. The zero-order valence-electron chi connectivity index (χ0n) is 17.2. The lowest BCUT2D eigenvalue weighted by molar-refractivity contribution is -0.116. The molecule has 29 heavy (non-hydrogen) atoms. The lowest BCUT2D eigenvalue weighted by Crippen LogP contribution is -2.40. The average molecular weight is 395 g/mol. The maximum Gasteiger partial charge on any atom is 0.261 e. The Kier molecular flexibility index (Phi) is 6.01. The molecule has 0 fully saturated rings. The zero-order chi connectivity index (χ0) is 21.1. The van der Waals surface area contributed by atoms with Gasteiger partial charge in [-0.25, -0.2) is 0 Å². The van der Waals surface area contributed by atoms with E-state index in [4.69, 9.17) is 9.47 Å². The fraction of sp³-hybridized carbons (Fsp3) is 0.348. The molecule has 1 aliphatic rings. The third-order valence-electron chi connectivity index (χ3n) is 5.24. The molecule has 152 valence electrons. The van der Waals surface area contributed by atoms with Gasteiger partial charge in [-0.05, 0) is 49.6 Å². The van der Waals surface area contributed by atoms with E-state index in [1.54, 1.807) is 44.6 Å². The topological polar surface area (TPSA) is 72.9 Å². The summed E-state index contributed by atoms with van der Waals surface area (Å²) in [5.74, 6) is 0.689. The van der Waals surface area contributed by atoms with Crippen LogP contribution in [0.4, 0.5) is 0 Å². The van der Waals surface area contributed by atoms with Crippen LogP contribution >= 0.6 is 0 Å². The average Bonchev–Trinajstić information content (AvgIpc) is 2.97. The van der Waals surface area contributed by atoms with E-state index in [-0.39, 0.29) is 30.1 Å². The molecule has 0 radical (unpaired) electrons. The second-order valence-corrected chi connectivity index (χ2v) is 7.15. The van der Waals surface area contributed by atoms with Crippen molar-refractivity contribution in [3.05, 3.63) is 58.7 Å². The van der Waals surface area contributed by atoms with E-state index in [2.05, 4.69) is 0 Å². The number of methoxy groups -OCH3 is 2. The highest BCUT2D eigenvalue weighted by molar-refractivity contribution is 6.21. The van der Waals surface area contributed by atoms with E-state index in [0.717, 1.165) is 11.1 Å². The van der Waals surface area contributed by atoms with E-state index in [1.807, 2.05) is 13.0 Å². The quantitative estimate of drug-likeness (QED) is 0.640. The first kappa shape index (κ1) is 20.6. The maximum atomic E-state index is 12.9. The molecule has 0 N–H and O–H groups in total. The Morgan fingerprint density at radius 3 is 1.97 bits per heavy atom. The Bertz CT molecular complexity index is 931. The van der Waals surface area contributed by atoms with E-state index >= 15 is 0 Å². The molecule has 1 heterocycles. The predicted octanol–water partition coefficient (Wildman–Crippen LogP) is 3.45. The summed E-state index contributed by atoms with van der Waals surface area (Å²) < 4.78 is 11.0. The van der Waals surface area contributed by atoms with Crippen molar-refractivity contribution in [1.29, 1.82) is 0 Å². The molecular formula is C23H25NO5. The first-order chi connectivity index (χ1) is 13.9. The summed E-state index contributed by atoms with van der Waals surface area (Å²) in [7, 11) is 3.11. The molecule has 2 aromatic rings. The molecule has 2 amide bonds. The first-order valence-electron chi connectivity index (χ1n) is 9.61. The number of Topliss-reactive ketones (excluding diaryl/α,β-unsaturated/α-hetero) is 1. The van der Waals surface area contributed by atoms with Gasteiger partial charge < -0.3 is 9.47 Å². The molecule has 0 aromatic heterocycles. The third kappa shape index (κ3) is 3.88. The van der Waals surface area contributed by atoms with Crippen LogP contribution in [0.1, 0.15) is 52.1 Å². The Morgan fingerprint density at radius 2 is 1.48 bits per heavy atom. The number of carbonyl (C=O) groups is 3. The zero-order valence-corrected chi connectivity index (χ0v) is 17.2. The van der Waals surface area contributed by atoms with Crippen LogP contribution in [0.15, 0.2) is 36.4 Å². The van der Waals surface area contributed by atoms with Crippen molar-refractivity contribution in [3.8, 4) is 11.5 Å². The highest BCUT2D eigenvalue weighted by Gasteiger charge is 2.39. The largest absolute Gasteiger partial charge is 0.496 e. The molecule has 0 spiro atoms. The lowest BCUT2D eigenvalue weighted by Gasteiger charge is -2.26. The van der Waals surface area contributed by atoms with E-state index in [1.165, 1.54) is 11.8 Å². The Balaban J connectivity index is 1.94. The SMILES string of the molecule is CCC(Cc1cc(OC)c(CC(C)=O)cc1OC)N1C(=O)c2ccccc2C1=O. The minimum absolute atomic E-state index is 0.0237. The van der Waals surface area contributed by atoms with E-state index < -0.39 is 0 Å². The molecule has 0 bridgehead atoms. The van der Waals surface area contributed by atoms with Crippen molar-refractivity contribution < 1.29 is 23.9 Å². The summed E-state index contributed by atoms with van der Waals surface area (Å²) in [5.41, 5.74) is 2.45. The van der Waals surface area contributed by atoms with Gasteiger partial charge in [0, 0.05) is 18.0 Å². The smallest absolute Gasteiger partial charge is 0.261 e. The van der Waals surface area contributed by atoms with Crippen molar-refractivity contribution >= 4 is 17.6 Å². The maximum absolute atomic E-state index is 12.9. The molecule has 1 atom stereocenters. The van der Waals surface area contributed by atoms with Gasteiger partial charge in [0.2, 0.25) is 0 Å². The van der Waals surface area contributed by atoms with Crippen LogP contribution in [0.25, 0.3) is 0 Å². The van der Waals surface area contributed by atoms with Gasteiger partial charge in [0.15, 0.2) is 0 Å². The second kappa shape index (κ2) is 8.47. The fourth-order valence-corrected chi connectivity index (χ4v) is 3.80. The second-order valence-electron chi connectivity index (χ2n) is 7.15. The van der Waals surface area contributed by atoms with Gasteiger partial charge in [-0.3, -0.25) is 19.3 Å². The molecule has 1 aliphatic heterocycles. The third-order valence-corrected chi connectivity index (χ3v) is 5.24. The normalized spacial score (nSPS) is 14.0. The number of carbonyl (C=O) groups excluding carboxylic acids is 3. The summed E-state index contributed by atoms with van der Waals surface area (Å²) >= 11 is 0. The molecule has 3 rings (SSSR count). The molecule has 0 aliphatic carbocycles. The monoisotopic (exact) mass is 395 g/mol. The number of hydrogen-bond donors (Lipinski definition) is 0. The van der Waals surface area contributed by atoms with Crippen molar-refractivity contribution in [2.45, 2.75) is 39.2 Å². The van der Waals surface area contributed by atoms with Crippen LogP contribution in [0.5, 0.6) is 11.5 Å². The number of fused-ring (bicyclic) bond motifs is 1. The lowest BCUT2D eigenvalue weighted by atomic mass is 9.98. The number of ether oxygens (including phenoxy) is 2. The summed E-state index contributed by atoms with van der Waals surface area (Å²) in [5, 5.41) is 0. The van der Waals surface area contributed by atoms with Crippen molar-refractivity contribution in [1.82, 2.24) is 4.90 Å². The number of rotatable bonds is 8. The molecule has 6 heteroatoms.